The Morgan fingerprint density at radius 1 is 0.935 bits per heavy atom. The Balaban J connectivity index is 1.60. The Bertz CT molecular complexity index is 1040. The summed E-state index contributed by atoms with van der Waals surface area (Å²) >= 11 is 3.44. The predicted octanol–water partition coefficient (Wildman–Crippen LogP) is 5.98. The molecule has 5 nitrogen and oxygen atoms in total. The van der Waals surface area contributed by atoms with Gasteiger partial charge in [-0.15, -0.1) is 0 Å². The number of anilines is 1. The molecule has 0 bridgehead atoms. The zero-order chi connectivity index (χ0) is 22.2. The van der Waals surface area contributed by atoms with Crippen LogP contribution in [0.15, 0.2) is 77.3 Å². The van der Waals surface area contributed by atoms with Gasteiger partial charge in [0.05, 0.1) is 17.1 Å². The Labute approximate surface area is 191 Å². The summed E-state index contributed by atoms with van der Waals surface area (Å²) < 4.78 is 6.34. The molecule has 6 heteroatoms. The summed E-state index contributed by atoms with van der Waals surface area (Å²) in [5, 5.41) is 5.83. The zero-order valence-corrected chi connectivity index (χ0v) is 19.1. The van der Waals surface area contributed by atoms with Gasteiger partial charge in [-0.2, -0.15) is 0 Å². The first-order valence-electron chi connectivity index (χ1n) is 10.2. The van der Waals surface area contributed by atoms with Gasteiger partial charge in [-0.25, -0.2) is 0 Å². The monoisotopic (exact) mass is 480 g/mol. The summed E-state index contributed by atoms with van der Waals surface area (Å²) in [6.45, 7) is 4.60. The molecule has 0 fully saturated rings. The van der Waals surface area contributed by atoms with E-state index >= 15 is 0 Å². The lowest BCUT2D eigenvalue weighted by molar-refractivity contribution is 0.0939. The van der Waals surface area contributed by atoms with Gasteiger partial charge in [0.1, 0.15) is 5.75 Å². The molecule has 1 atom stereocenters. The highest BCUT2D eigenvalue weighted by Crippen LogP contribution is 2.26. The Kier molecular flexibility index (Phi) is 7.84. The SMILES string of the molecule is CCCOc1ccc(C(=O)Nc2ccc(C(=O)NC(C)c3ccccc3)cc2)cc1Br. The van der Waals surface area contributed by atoms with Crippen molar-refractivity contribution in [2.75, 3.05) is 11.9 Å². The molecule has 3 aromatic carbocycles. The van der Waals surface area contributed by atoms with Gasteiger partial charge in [0, 0.05) is 16.8 Å². The maximum absolute atomic E-state index is 12.6. The standard InChI is InChI=1S/C25H25BrN2O3/c1-3-15-31-23-14-11-20(16-22(23)26)25(30)28-21-12-9-19(10-13-21)24(29)27-17(2)18-7-5-4-6-8-18/h4-14,16-17H,3,15H2,1-2H3,(H,27,29)(H,28,30). The van der Waals surface area contributed by atoms with Gasteiger partial charge in [-0.05, 0) is 77.3 Å². The van der Waals surface area contributed by atoms with Gasteiger partial charge in [0.2, 0.25) is 0 Å². The summed E-state index contributed by atoms with van der Waals surface area (Å²) in [5.74, 6) is 0.303. The van der Waals surface area contributed by atoms with Crippen molar-refractivity contribution < 1.29 is 14.3 Å². The van der Waals surface area contributed by atoms with Crippen molar-refractivity contribution in [3.05, 3.63) is 94.0 Å². The van der Waals surface area contributed by atoms with Crippen LogP contribution >= 0.6 is 15.9 Å². The molecule has 0 heterocycles. The molecule has 0 saturated carbocycles. The molecule has 3 aromatic rings. The van der Waals surface area contributed by atoms with E-state index in [0.717, 1.165) is 16.5 Å². The van der Waals surface area contributed by atoms with Gasteiger partial charge >= 0.3 is 0 Å². The lowest BCUT2D eigenvalue weighted by atomic mass is 10.1. The summed E-state index contributed by atoms with van der Waals surface area (Å²) in [5.41, 5.74) is 2.69. The lowest BCUT2D eigenvalue weighted by Crippen LogP contribution is -2.26. The fourth-order valence-electron chi connectivity index (χ4n) is 2.98. The second kappa shape index (κ2) is 10.8. The topological polar surface area (TPSA) is 67.4 Å². The third-order valence-electron chi connectivity index (χ3n) is 4.71. The van der Waals surface area contributed by atoms with E-state index in [4.69, 9.17) is 4.74 Å². The molecular weight excluding hydrogens is 456 g/mol. The highest BCUT2D eigenvalue weighted by molar-refractivity contribution is 9.10. The minimum absolute atomic E-state index is 0.101. The molecule has 0 aromatic heterocycles. The average molecular weight is 481 g/mol. The minimum Gasteiger partial charge on any atom is -0.492 e. The number of halogens is 1. The predicted molar refractivity (Wildman–Crippen MR) is 127 cm³/mol. The molecule has 0 aliphatic carbocycles. The van der Waals surface area contributed by atoms with E-state index in [2.05, 4.69) is 26.6 Å². The fraction of sp³-hybridized carbons (Fsp3) is 0.200. The Morgan fingerprint density at radius 3 is 2.26 bits per heavy atom. The average Bonchev–Trinajstić information content (AvgIpc) is 2.79. The lowest BCUT2D eigenvalue weighted by Gasteiger charge is -2.14. The molecule has 31 heavy (non-hydrogen) atoms. The number of hydrogen-bond donors (Lipinski definition) is 2. The third kappa shape index (κ3) is 6.18. The van der Waals surface area contributed by atoms with E-state index < -0.39 is 0 Å². The van der Waals surface area contributed by atoms with E-state index in [1.165, 1.54) is 0 Å². The fourth-order valence-corrected chi connectivity index (χ4v) is 3.48. The summed E-state index contributed by atoms with van der Waals surface area (Å²) in [4.78, 5) is 25.1. The summed E-state index contributed by atoms with van der Waals surface area (Å²) in [7, 11) is 0. The van der Waals surface area contributed by atoms with Gasteiger partial charge in [0.15, 0.2) is 0 Å². The van der Waals surface area contributed by atoms with E-state index in [1.54, 1.807) is 42.5 Å². The molecule has 0 aliphatic heterocycles. The summed E-state index contributed by atoms with van der Waals surface area (Å²) in [6, 6.07) is 21.7. The first-order chi connectivity index (χ1) is 15.0. The number of carbonyl (C=O) groups is 2. The summed E-state index contributed by atoms with van der Waals surface area (Å²) in [6.07, 6.45) is 0.911. The normalized spacial score (nSPS) is 11.5. The van der Waals surface area contributed by atoms with Crippen LogP contribution in [0, 0.1) is 0 Å². The van der Waals surface area contributed by atoms with Gasteiger partial charge in [0.25, 0.3) is 11.8 Å². The zero-order valence-electron chi connectivity index (χ0n) is 17.5. The van der Waals surface area contributed by atoms with E-state index in [1.807, 2.05) is 44.2 Å². The van der Waals surface area contributed by atoms with Crippen LogP contribution in [0.4, 0.5) is 5.69 Å². The van der Waals surface area contributed by atoms with Crippen molar-refractivity contribution in [3.8, 4) is 5.75 Å². The molecule has 0 saturated heterocycles. The first kappa shape index (κ1) is 22.6. The maximum atomic E-state index is 12.6. The van der Waals surface area contributed by atoms with Crippen molar-refractivity contribution in [1.82, 2.24) is 5.32 Å². The molecule has 0 spiro atoms. The number of ether oxygens (including phenoxy) is 1. The molecule has 3 rings (SSSR count). The molecular formula is C25H25BrN2O3. The highest BCUT2D eigenvalue weighted by Gasteiger charge is 2.13. The molecule has 1 unspecified atom stereocenters. The number of carbonyl (C=O) groups excluding carboxylic acids is 2. The number of amides is 2. The van der Waals surface area contributed by atoms with Gasteiger partial charge < -0.3 is 15.4 Å². The first-order valence-corrected chi connectivity index (χ1v) is 11.0. The highest BCUT2D eigenvalue weighted by atomic mass is 79.9. The second-order valence-electron chi connectivity index (χ2n) is 7.13. The van der Waals surface area contributed by atoms with Crippen molar-refractivity contribution in [3.63, 3.8) is 0 Å². The van der Waals surface area contributed by atoms with Crippen molar-refractivity contribution >= 4 is 33.4 Å². The van der Waals surface area contributed by atoms with Crippen LogP contribution in [0.1, 0.15) is 52.6 Å². The quantitative estimate of drug-likeness (QED) is 0.416. The number of nitrogens with one attached hydrogen (secondary N) is 2. The number of hydrogen-bond acceptors (Lipinski definition) is 3. The van der Waals surface area contributed by atoms with Crippen molar-refractivity contribution in [1.29, 1.82) is 0 Å². The van der Waals surface area contributed by atoms with E-state index in [-0.39, 0.29) is 17.9 Å². The smallest absolute Gasteiger partial charge is 0.255 e. The number of benzene rings is 3. The minimum atomic E-state index is -0.238. The molecule has 2 amide bonds. The molecule has 160 valence electrons. The third-order valence-corrected chi connectivity index (χ3v) is 5.33. The van der Waals surface area contributed by atoms with Crippen LogP contribution in [0.3, 0.4) is 0 Å². The Morgan fingerprint density at radius 2 is 1.61 bits per heavy atom. The number of rotatable bonds is 8. The molecule has 0 radical (unpaired) electrons. The largest absolute Gasteiger partial charge is 0.492 e. The van der Waals surface area contributed by atoms with Crippen LogP contribution < -0.4 is 15.4 Å². The Hall–Kier alpha value is -3.12. The van der Waals surface area contributed by atoms with Crippen LogP contribution in [0.25, 0.3) is 0 Å². The van der Waals surface area contributed by atoms with Gasteiger partial charge in [-0.1, -0.05) is 37.3 Å². The van der Waals surface area contributed by atoms with E-state index in [9.17, 15) is 9.59 Å². The van der Waals surface area contributed by atoms with Gasteiger partial charge in [-0.3, -0.25) is 9.59 Å². The second-order valence-corrected chi connectivity index (χ2v) is 7.99. The molecule has 2 N–H and O–H groups in total. The maximum Gasteiger partial charge on any atom is 0.255 e. The van der Waals surface area contributed by atoms with Crippen LogP contribution in [-0.2, 0) is 0 Å². The van der Waals surface area contributed by atoms with Crippen LogP contribution in [0.5, 0.6) is 5.75 Å². The van der Waals surface area contributed by atoms with Crippen molar-refractivity contribution in [2.45, 2.75) is 26.3 Å². The molecule has 0 aliphatic rings. The van der Waals surface area contributed by atoms with E-state index in [0.29, 0.717) is 29.2 Å². The van der Waals surface area contributed by atoms with Crippen LogP contribution in [0.2, 0.25) is 0 Å². The van der Waals surface area contributed by atoms with Crippen molar-refractivity contribution in [2.24, 2.45) is 0 Å². The van der Waals surface area contributed by atoms with Crippen LogP contribution in [-0.4, -0.2) is 18.4 Å².